The number of piperidine rings is 1. The van der Waals surface area contributed by atoms with Gasteiger partial charge in [-0.1, -0.05) is 6.92 Å². The van der Waals surface area contributed by atoms with Gasteiger partial charge in [0.1, 0.15) is 17.6 Å². The molecule has 1 saturated heterocycles. The van der Waals surface area contributed by atoms with Gasteiger partial charge in [-0.05, 0) is 30.9 Å². The predicted molar refractivity (Wildman–Crippen MR) is 68.0 cm³/mol. The fraction of sp³-hybridized carbons (Fsp3) is 0.643. The number of hydrogen-bond donors (Lipinski definition) is 1. The van der Waals surface area contributed by atoms with Crippen molar-refractivity contribution in [2.75, 3.05) is 7.05 Å². The Morgan fingerprint density at radius 3 is 2.72 bits per heavy atom. The van der Waals surface area contributed by atoms with E-state index >= 15 is 0 Å². The molecule has 3 rings (SSSR count). The van der Waals surface area contributed by atoms with Crippen LogP contribution >= 0.6 is 0 Å². The maximum absolute atomic E-state index is 11.8. The van der Waals surface area contributed by atoms with Gasteiger partial charge in [0, 0.05) is 25.4 Å². The minimum atomic E-state index is -0.103. The van der Waals surface area contributed by atoms with Crippen molar-refractivity contribution in [1.29, 1.82) is 0 Å². The molecule has 0 radical (unpaired) electrons. The topological polar surface area (TPSA) is 59.5 Å². The first-order chi connectivity index (χ1) is 8.58. The van der Waals surface area contributed by atoms with Crippen LogP contribution in [0.1, 0.15) is 49.7 Å². The minimum absolute atomic E-state index is 0.0247. The summed E-state index contributed by atoms with van der Waals surface area (Å²) in [6.07, 6.45) is 2.49. The maximum atomic E-state index is 11.8. The Labute approximate surface area is 107 Å². The molecule has 1 saturated carbocycles. The van der Waals surface area contributed by atoms with Crippen molar-refractivity contribution in [1.82, 2.24) is 4.90 Å². The Balaban J connectivity index is 1.84. The number of amides is 1. The summed E-state index contributed by atoms with van der Waals surface area (Å²) in [5, 5.41) is 0. The number of likely N-dealkylation sites (N-methyl/N-ethyl adjacent to an activating group) is 1. The lowest BCUT2D eigenvalue weighted by Crippen LogP contribution is -2.46. The van der Waals surface area contributed by atoms with Crippen LogP contribution in [-0.2, 0) is 4.79 Å². The van der Waals surface area contributed by atoms with Crippen LogP contribution in [0.15, 0.2) is 16.5 Å². The van der Waals surface area contributed by atoms with Crippen LogP contribution in [0.25, 0.3) is 0 Å². The highest BCUT2D eigenvalue weighted by molar-refractivity contribution is 5.77. The van der Waals surface area contributed by atoms with Gasteiger partial charge in [-0.3, -0.25) is 4.79 Å². The largest absolute Gasteiger partial charge is 0.464 e. The SMILES string of the molecule is CC1CC1c1ccc(C2C(N)CCC(=O)N2C)o1. The smallest absolute Gasteiger partial charge is 0.223 e. The second-order valence-electron chi connectivity index (χ2n) is 5.71. The summed E-state index contributed by atoms with van der Waals surface area (Å²) in [6.45, 7) is 2.23. The molecule has 0 bridgehead atoms. The number of furan rings is 1. The number of nitrogens with zero attached hydrogens (tertiary/aromatic N) is 1. The molecule has 1 aliphatic carbocycles. The van der Waals surface area contributed by atoms with E-state index in [2.05, 4.69) is 6.92 Å². The molecule has 1 amide bonds. The molecule has 1 aromatic rings. The summed E-state index contributed by atoms with van der Waals surface area (Å²) >= 11 is 0. The van der Waals surface area contributed by atoms with E-state index in [-0.39, 0.29) is 18.0 Å². The molecule has 4 atom stereocenters. The second-order valence-corrected chi connectivity index (χ2v) is 5.71. The molecule has 4 unspecified atom stereocenters. The second kappa shape index (κ2) is 4.12. The molecule has 98 valence electrons. The molecule has 1 aromatic heterocycles. The van der Waals surface area contributed by atoms with Crippen LogP contribution in [0, 0.1) is 5.92 Å². The molecule has 2 heterocycles. The molecule has 18 heavy (non-hydrogen) atoms. The molecular formula is C14H20N2O2. The van der Waals surface area contributed by atoms with E-state index < -0.39 is 0 Å². The fourth-order valence-corrected chi connectivity index (χ4v) is 2.91. The molecular weight excluding hydrogens is 228 g/mol. The van der Waals surface area contributed by atoms with Gasteiger partial charge in [0.25, 0.3) is 0 Å². The van der Waals surface area contributed by atoms with Gasteiger partial charge in [-0.15, -0.1) is 0 Å². The summed E-state index contributed by atoms with van der Waals surface area (Å²) < 4.78 is 5.93. The van der Waals surface area contributed by atoms with E-state index in [0.29, 0.717) is 12.3 Å². The van der Waals surface area contributed by atoms with Gasteiger partial charge in [0.15, 0.2) is 0 Å². The lowest BCUT2D eigenvalue weighted by Gasteiger charge is -2.35. The predicted octanol–water partition coefficient (Wildman–Crippen LogP) is 2.02. The zero-order valence-electron chi connectivity index (χ0n) is 10.9. The van der Waals surface area contributed by atoms with Crippen molar-refractivity contribution < 1.29 is 9.21 Å². The first kappa shape index (κ1) is 11.8. The standard InChI is InChI=1S/C14H20N2O2/c1-8-7-9(8)11-4-5-12(18-11)14-10(15)3-6-13(17)16(14)2/h4-5,8-10,14H,3,6-7,15H2,1-2H3. The van der Waals surface area contributed by atoms with Crippen molar-refractivity contribution in [3.05, 3.63) is 23.7 Å². The molecule has 2 fully saturated rings. The van der Waals surface area contributed by atoms with Gasteiger partial charge in [0.2, 0.25) is 5.91 Å². The van der Waals surface area contributed by atoms with Gasteiger partial charge in [0.05, 0.1) is 0 Å². The van der Waals surface area contributed by atoms with Crippen molar-refractivity contribution in [2.24, 2.45) is 11.7 Å². The third-order valence-electron chi connectivity index (χ3n) is 4.32. The molecule has 4 heteroatoms. The average molecular weight is 248 g/mol. The Morgan fingerprint density at radius 1 is 1.39 bits per heavy atom. The Bertz CT molecular complexity index is 468. The van der Waals surface area contributed by atoms with E-state index in [1.807, 2.05) is 19.2 Å². The molecule has 2 aliphatic rings. The molecule has 2 N–H and O–H groups in total. The van der Waals surface area contributed by atoms with Crippen LogP contribution in [0.3, 0.4) is 0 Å². The normalized spacial score (nSPS) is 35.9. The van der Waals surface area contributed by atoms with E-state index in [4.69, 9.17) is 10.2 Å². The Kier molecular flexibility index (Phi) is 2.70. The highest BCUT2D eigenvalue weighted by Gasteiger charge is 2.39. The van der Waals surface area contributed by atoms with Crippen LogP contribution in [0.2, 0.25) is 0 Å². The highest BCUT2D eigenvalue weighted by Crippen LogP contribution is 2.48. The van der Waals surface area contributed by atoms with Crippen molar-refractivity contribution in [3.63, 3.8) is 0 Å². The van der Waals surface area contributed by atoms with Gasteiger partial charge < -0.3 is 15.1 Å². The first-order valence-corrected chi connectivity index (χ1v) is 6.69. The summed E-state index contributed by atoms with van der Waals surface area (Å²) in [6, 6.07) is 3.90. The van der Waals surface area contributed by atoms with E-state index in [9.17, 15) is 4.79 Å². The van der Waals surface area contributed by atoms with Gasteiger partial charge in [-0.2, -0.15) is 0 Å². The van der Waals surface area contributed by atoms with Crippen molar-refractivity contribution >= 4 is 5.91 Å². The van der Waals surface area contributed by atoms with Crippen LogP contribution in [-0.4, -0.2) is 23.9 Å². The summed E-state index contributed by atoms with van der Waals surface area (Å²) in [7, 11) is 1.81. The quantitative estimate of drug-likeness (QED) is 0.871. The monoisotopic (exact) mass is 248 g/mol. The lowest BCUT2D eigenvalue weighted by molar-refractivity contribution is -0.136. The number of rotatable bonds is 2. The van der Waals surface area contributed by atoms with Gasteiger partial charge in [-0.25, -0.2) is 0 Å². The number of carbonyl (C=O) groups is 1. The Morgan fingerprint density at radius 2 is 2.06 bits per heavy atom. The van der Waals surface area contributed by atoms with Crippen LogP contribution in [0.4, 0.5) is 0 Å². The third-order valence-corrected chi connectivity index (χ3v) is 4.32. The summed E-state index contributed by atoms with van der Waals surface area (Å²) in [5.41, 5.74) is 6.14. The maximum Gasteiger partial charge on any atom is 0.223 e. The van der Waals surface area contributed by atoms with Crippen LogP contribution in [0.5, 0.6) is 0 Å². The minimum Gasteiger partial charge on any atom is -0.464 e. The number of hydrogen-bond acceptors (Lipinski definition) is 3. The molecule has 1 aliphatic heterocycles. The van der Waals surface area contributed by atoms with Crippen LogP contribution < -0.4 is 5.73 Å². The molecule has 0 aromatic carbocycles. The molecule has 4 nitrogen and oxygen atoms in total. The average Bonchev–Trinajstić information content (AvgIpc) is 2.88. The van der Waals surface area contributed by atoms with E-state index in [0.717, 1.165) is 23.9 Å². The highest BCUT2D eigenvalue weighted by atomic mass is 16.3. The number of nitrogens with two attached hydrogens (primary N) is 1. The summed E-state index contributed by atoms with van der Waals surface area (Å²) in [4.78, 5) is 13.5. The number of likely N-dealkylation sites (tertiary alicyclic amines) is 1. The van der Waals surface area contributed by atoms with Crippen molar-refractivity contribution in [3.8, 4) is 0 Å². The Hall–Kier alpha value is -1.29. The summed E-state index contributed by atoms with van der Waals surface area (Å²) in [5.74, 6) is 3.34. The van der Waals surface area contributed by atoms with E-state index in [1.54, 1.807) is 4.90 Å². The lowest BCUT2D eigenvalue weighted by atomic mass is 9.95. The zero-order chi connectivity index (χ0) is 12.9. The zero-order valence-corrected chi connectivity index (χ0v) is 10.9. The fourth-order valence-electron chi connectivity index (χ4n) is 2.91. The number of carbonyl (C=O) groups excluding carboxylic acids is 1. The first-order valence-electron chi connectivity index (χ1n) is 6.69. The van der Waals surface area contributed by atoms with Crippen molar-refractivity contribution in [2.45, 2.75) is 44.2 Å². The van der Waals surface area contributed by atoms with Gasteiger partial charge >= 0.3 is 0 Å². The van der Waals surface area contributed by atoms with E-state index in [1.165, 1.54) is 6.42 Å². The molecule has 0 spiro atoms. The third kappa shape index (κ3) is 1.85.